The van der Waals surface area contributed by atoms with Crippen LogP contribution in [-0.4, -0.2) is 41.4 Å². The Morgan fingerprint density at radius 3 is 2.66 bits per heavy atom. The number of nitrogens with zero attached hydrogens (tertiary/aromatic N) is 4. The summed E-state index contributed by atoms with van der Waals surface area (Å²) in [5.41, 5.74) is 0.342. The van der Waals surface area contributed by atoms with Gasteiger partial charge in [0, 0.05) is 50.2 Å². The van der Waals surface area contributed by atoms with E-state index in [0.717, 1.165) is 19.5 Å². The van der Waals surface area contributed by atoms with Gasteiger partial charge in [-0.15, -0.1) is 24.0 Å². The Kier molecular flexibility index (Phi) is 8.17. The van der Waals surface area contributed by atoms with Crippen LogP contribution in [0.1, 0.15) is 24.6 Å². The number of anilines is 1. The van der Waals surface area contributed by atoms with Gasteiger partial charge in [0.25, 0.3) is 0 Å². The second-order valence-corrected chi connectivity index (χ2v) is 6.78. The third kappa shape index (κ3) is 6.25. The number of rotatable bonds is 5. The standard InChI is InChI=1S/C19H25F3N6.HI/c1-3-23-18(24-11-14-12-27(2)26-17(14)19(20,21)22)25-15-9-10-28(13-15)16-7-5-4-6-8-16;/h4-8,12,15H,3,9-11,13H2,1-2H3,(H2,23,24,25);1H. The van der Waals surface area contributed by atoms with Crippen LogP contribution >= 0.6 is 24.0 Å². The van der Waals surface area contributed by atoms with Gasteiger partial charge in [-0.05, 0) is 25.5 Å². The highest BCUT2D eigenvalue weighted by Gasteiger charge is 2.36. The van der Waals surface area contributed by atoms with Crippen LogP contribution < -0.4 is 15.5 Å². The van der Waals surface area contributed by atoms with Crippen LogP contribution in [-0.2, 0) is 19.8 Å². The van der Waals surface area contributed by atoms with Crippen molar-refractivity contribution in [3.05, 3.63) is 47.8 Å². The van der Waals surface area contributed by atoms with Gasteiger partial charge in [-0.25, -0.2) is 4.99 Å². The van der Waals surface area contributed by atoms with Crippen molar-refractivity contribution in [1.82, 2.24) is 20.4 Å². The number of alkyl halides is 3. The lowest BCUT2D eigenvalue weighted by molar-refractivity contribution is -0.142. The molecule has 2 heterocycles. The predicted octanol–water partition coefficient (Wildman–Crippen LogP) is 3.39. The molecule has 0 saturated carbocycles. The molecule has 1 aliphatic rings. The summed E-state index contributed by atoms with van der Waals surface area (Å²) in [4.78, 5) is 6.64. The van der Waals surface area contributed by atoms with Crippen LogP contribution in [0.15, 0.2) is 41.5 Å². The zero-order chi connectivity index (χ0) is 20.1. The van der Waals surface area contributed by atoms with E-state index in [1.165, 1.54) is 23.6 Å². The monoisotopic (exact) mass is 522 g/mol. The topological polar surface area (TPSA) is 57.5 Å². The number of aromatic nitrogens is 2. The fourth-order valence-corrected chi connectivity index (χ4v) is 3.32. The quantitative estimate of drug-likeness (QED) is 0.359. The summed E-state index contributed by atoms with van der Waals surface area (Å²) in [6.45, 7) is 4.19. The largest absolute Gasteiger partial charge is 0.435 e. The molecule has 3 rings (SSSR count). The van der Waals surface area contributed by atoms with Crippen LogP contribution in [0.4, 0.5) is 18.9 Å². The molecule has 1 fully saturated rings. The molecule has 0 radical (unpaired) electrons. The van der Waals surface area contributed by atoms with Crippen molar-refractivity contribution >= 4 is 35.6 Å². The smallest absolute Gasteiger partial charge is 0.369 e. The van der Waals surface area contributed by atoms with Gasteiger partial charge < -0.3 is 15.5 Å². The van der Waals surface area contributed by atoms with Gasteiger partial charge in [0.1, 0.15) is 0 Å². The molecule has 6 nitrogen and oxygen atoms in total. The van der Waals surface area contributed by atoms with Crippen LogP contribution in [0.3, 0.4) is 0 Å². The lowest BCUT2D eigenvalue weighted by Crippen LogP contribution is -2.44. The predicted molar refractivity (Wildman–Crippen MR) is 119 cm³/mol. The van der Waals surface area contributed by atoms with Crippen molar-refractivity contribution < 1.29 is 13.2 Å². The second kappa shape index (κ2) is 10.2. The first kappa shape index (κ1) is 23.3. The highest BCUT2D eigenvalue weighted by atomic mass is 127. The third-order valence-electron chi connectivity index (χ3n) is 4.58. The Hall–Kier alpha value is -1.98. The van der Waals surface area contributed by atoms with Crippen molar-refractivity contribution in [2.75, 3.05) is 24.5 Å². The van der Waals surface area contributed by atoms with E-state index < -0.39 is 11.9 Å². The number of aryl methyl sites for hydroxylation is 1. The average molecular weight is 522 g/mol. The molecule has 2 aromatic rings. The van der Waals surface area contributed by atoms with E-state index in [2.05, 4.69) is 37.8 Å². The Morgan fingerprint density at radius 2 is 2.00 bits per heavy atom. The molecule has 1 aliphatic heterocycles. The Bertz CT molecular complexity index is 806. The molecule has 1 atom stereocenters. The molecule has 0 amide bonds. The summed E-state index contributed by atoms with van der Waals surface area (Å²) in [5.74, 6) is 0.513. The Morgan fingerprint density at radius 1 is 1.28 bits per heavy atom. The number of hydrogen-bond donors (Lipinski definition) is 2. The van der Waals surface area contributed by atoms with Crippen LogP contribution in [0.5, 0.6) is 0 Å². The first-order valence-electron chi connectivity index (χ1n) is 9.31. The lowest BCUT2D eigenvalue weighted by Gasteiger charge is -2.20. The van der Waals surface area contributed by atoms with E-state index in [0.29, 0.717) is 12.5 Å². The highest BCUT2D eigenvalue weighted by Crippen LogP contribution is 2.30. The molecule has 0 spiro atoms. The molecule has 10 heteroatoms. The highest BCUT2D eigenvalue weighted by molar-refractivity contribution is 14.0. The summed E-state index contributed by atoms with van der Waals surface area (Å²) in [6, 6.07) is 10.3. The van der Waals surface area contributed by atoms with E-state index in [1.807, 2.05) is 25.1 Å². The van der Waals surface area contributed by atoms with Crippen molar-refractivity contribution in [3.63, 3.8) is 0 Å². The van der Waals surface area contributed by atoms with E-state index >= 15 is 0 Å². The molecule has 0 bridgehead atoms. The zero-order valence-corrected chi connectivity index (χ0v) is 18.7. The average Bonchev–Trinajstić information content (AvgIpc) is 3.27. The fraction of sp³-hybridized carbons (Fsp3) is 0.474. The minimum atomic E-state index is -4.49. The van der Waals surface area contributed by atoms with Gasteiger partial charge >= 0.3 is 6.18 Å². The number of halogens is 4. The number of guanidine groups is 1. The molecule has 29 heavy (non-hydrogen) atoms. The normalized spacial score (nSPS) is 17.2. The maximum atomic E-state index is 13.1. The third-order valence-corrected chi connectivity index (χ3v) is 4.58. The maximum Gasteiger partial charge on any atom is 0.435 e. The molecule has 1 saturated heterocycles. The van der Waals surface area contributed by atoms with Gasteiger partial charge in [-0.3, -0.25) is 4.68 Å². The van der Waals surface area contributed by atoms with Crippen LogP contribution in [0.2, 0.25) is 0 Å². The summed E-state index contributed by atoms with van der Waals surface area (Å²) in [5, 5.41) is 9.98. The lowest BCUT2D eigenvalue weighted by atomic mass is 10.2. The molecular weight excluding hydrogens is 496 g/mol. The van der Waals surface area contributed by atoms with E-state index in [1.54, 1.807) is 0 Å². The molecule has 160 valence electrons. The molecule has 2 N–H and O–H groups in total. The number of hydrogen-bond acceptors (Lipinski definition) is 3. The summed E-state index contributed by atoms with van der Waals surface area (Å²) in [7, 11) is 1.47. The van der Waals surface area contributed by atoms with Gasteiger partial charge in [0.2, 0.25) is 0 Å². The maximum absolute atomic E-state index is 13.1. The zero-order valence-electron chi connectivity index (χ0n) is 16.4. The summed E-state index contributed by atoms with van der Waals surface area (Å²) >= 11 is 0. The van der Waals surface area contributed by atoms with E-state index in [-0.39, 0.29) is 42.1 Å². The summed E-state index contributed by atoms with van der Waals surface area (Å²) in [6.07, 6.45) is -2.19. The van der Waals surface area contributed by atoms with Gasteiger partial charge in [-0.2, -0.15) is 18.3 Å². The first-order chi connectivity index (χ1) is 13.4. The van der Waals surface area contributed by atoms with Crippen molar-refractivity contribution in [2.45, 2.75) is 32.1 Å². The summed E-state index contributed by atoms with van der Waals surface area (Å²) < 4.78 is 40.5. The molecule has 0 aliphatic carbocycles. The first-order valence-corrected chi connectivity index (χ1v) is 9.31. The fourth-order valence-electron chi connectivity index (χ4n) is 3.32. The molecule has 1 aromatic carbocycles. The van der Waals surface area contributed by atoms with Crippen LogP contribution in [0, 0.1) is 0 Å². The minimum Gasteiger partial charge on any atom is -0.369 e. The minimum absolute atomic E-state index is 0. The van der Waals surface area contributed by atoms with Crippen molar-refractivity contribution in [3.8, 4) is 0 Å². The van der Waals surface area contributed by atoms with Crippen molar-refractivity contribution in [1.29, 1.82) is 0 Å². The van der Waals surface area contributed by atoms with Gasteiger partial charge in [0.05, 0.1) is 6.54 Å². The van der Waals surface area contributed by atoms with E-state index in [4.69, 9.17) is 0 Å². The molecular formula is C19H26F3IN6. The Labute approximate surface area is 185 Å². The number of benzene rings is 1. The number of nitrogens with one attached hydrogen (secondary N) is 2. The molecule has 1 aromatic heterocycles. The SMILES string of the molecule is CCNC(=NCc1cn(C)nc1C(F)(F)F)NC1CCN(c2ccccc2)C1.I. The Balaban J connectivity index is 0.00000300. The van der Waals surface area contributed by atoms with Crippen molar-refractivity contribution in [2.24, 2.45) is 12.0 Å². The van der Waals surface area contributed by atoms with E-state index in [9.17, 15) is 13.2 Å². The second-order valence-electron chi connectivity index (χ2n) is 6.78. The number of aliphatic imine (C=N–C) groups is 1. The van der Waals surface area contributed by atoms with Gasteiger partial charge in [0.15, 0.2) is 11.7 Å². The van der Waals surface area contributed by atoms with Crippen LogP contribution in [0.25, 0.3) is 0 Å². The van der Waals surface area contributed by atoms with Gasteiger partial charge in [-0.1, -0.05) is 18.2 Å². The number of para-hydroxylation sites is 1. The molecule has 1 unspecified atom stereocenters.